The van der Waals surface area contributed by atoms with E-state index in [1.807, 2.05) is 4.57 Å². The number of nitrogens with zero attached hydrogens (tertiary/aromatic N) is 3. The summed E-state index contributed by atoms with van der Waals surface area (Å²) in [7, 11) is -3.31. The van der Waals surface area contributed by atoms with E-state index in [1.54, 1.807) is 6.20 Å². The molecule has 118 valence electrons. The summed E-state index contributed by atoms with van der Waals surface area (Å²) in [6.07, 6.45) is 7.53. The van der Waals surface area contributed by atoms with Crippen molar-refractivity contribution in [1.82, 2.24) is 14.5 Å². The summed E-state index contributed by atoms with van der Waals surface area (Å²) in [5.41, 5.74) is 0.979. The second-order valence-electron chi connectivity index (χ2n) is 6.03. The highest BCUT2D eigenvalue weighted by Crippen LogP contribution is 2.21. The van der Waals surface area contributed by atoms with E-state index in [1.165, 1.54) is 19.1 Å². The molecule has 0 bridgehead atoms. The molecule has 3 rings (SSSR count). The van der Waals surface area contributed by atoms with Crippen LogP contribution in [-0.4, -0.2) is 54.9 Å². The van der Waals surface area contributed by atoms with E-state index in [-0.39, 0.29) is 11.3 Å². The van der Waals surface area contributed by atoms with Crippen molar-refractivity contribution in [2.24, 2.45) is 0 Å². The molecule has 1 aromatic rings. The molecule has 0 N–H and O–H groups in total. The van der Waals surface area contributed by atoms with E-state index in [0.717, 1.165) is 44.8 Å². The summed E-state index contributed by atoms with van der Waals surface area (Å²) >= 11 is 0. The first kappa shape index (κ1) is 15.0. The van der Waals surface area contributed by atoms with Gasteiger partial charge in [0.05, 0.1) is 24.5 Å². The van der Waals surface area contributed by atoms with Crippen LogP contribution in [0.25, 0.3) is 0 Å². The first-order valence-electron chi connectivity index (χ1n) is 7.62. The molecule has 0 aliphatic carbocycles. The molecule has 2 fully saturated rings. The smallest absolute Gasteiger partial charge is 0.227 e. The average molecular weight is 313 g/mol. The van der Waals surface area contributed by atoms with Crippen LogP contribution in [-0.2, 0) is 27.7 Å². The predicted octanol–water partition coefficient (Wildman–Crippen LogP) is 1.06. The molecule has 1 atom stereocenters. The van der Waals surface area contributed by atoms with Gasteiger partial charge in [-0.15, -0.1) is 0 Å². The number of rotatable bonds is 5. The average Bonchev–Trinajstić information content (AvgIpc) is 3.13. The van der Waals surface area contributed by atoms with Crippen LogP contribution in [0.5, 0.6) is 0 Å². The molecule has 0 aromatic carbocycles. The Morgan fingerprint density at radius 2 is 2.10 bits per heavy atom. The van der Waals surface area contributed by atoms with Gasteiger partial charge in [-0.3, -0.25) is 4.90 Å². The molecule has 0 amide bonds. The van der Waals surface area contributed by atoms with Gasteiger partial charge >= 0.3 is 0 Å². The molecular formula is C14H23N3O3S. The van der Waals surface area contributed by atoms with Gasteiger partial charge in [0.25, 0.3) is 0 Å². The highest BCUT2D eigenvalue weighted by Gasteiger charge is 2.25. The van der Waals surface area contributed by atoms with Gasteiger partial charge in [-0.25, -0.2) is 13.4 Å². The third kappa shape index (κ3) is 3.46. The van der Waals surface area contributed by atoms with E-state index in [4.69, 9.17) is 4.74 Å². The lowest BCUT2D eigenvalue weighted by molar-refractivity contribution is 0.0934. The highest BCUT2D eigenvalue weighted by molar-refractivity contribution is 7.90. The second-order valence-corrected chi connectivity index (χ2v) is 7.94. The van der Waals surface area contributed by atoms with Crippen molar-refractivity contribution in [3.05, 3.63) is 11.9 Å². The second kappa shape index (κ2) is 6.06. The molecular weight excluding hydrogens is 290 g/mol. The Morgan fingerprint density at radius 1 is 1.33 bits per heavy atom. The van der Waals surface area contributed by atoms with Crippen LogP contribution in [0.1, 0.15) is 31.4 Å². The molecule has 21 heavy (non-hydrogen) atoms. The van der Waals surface area contributed by atoms with E-state index >= 15 is 0 Å². The number of sulfone groups is 1. The monoisotopic (exact) mass is 313 g/mol. The van der Waals surface area contributed by atoms with Crippen LogP contribution in [0, 0.1) is 0 Å². The fourth-order valence-electron chi connectivity index (χ4n) is 3.17. The zero-order valence-electron chi connectivity index (χ0n) is 12.5. The lowest BCUT2D eigenvalue weighted by atomic mass is 10.2. The Labute approximate surface area is 126 Å². The molecule has 0 saturated carbocycles. The predicted molar refractivity (Wildman–Crippen MR) is 78.8 cm³/mol. The van der Waals surface area contributed by atoms with Crippen LogP contribution in [0.2, 0.25) is 0 Å². The maximum Gasteiger partial charge on any atom is 0.227 e. The van der Waals surface area contributed by atoms with Crippen LogP contribution in [0.4, 0.5) is 0 Å². The Kier molecular flexibility index (Phi) is 4.33. The fourth-order valence-corrected chi connectivity index (χ4v) is 4.01. The van der Waals surface area contributed by atoms with E-state index in [0.29, 0.717) is 6.54 Å². The minimum atomic E-state index is -3.31. The molecule has 2 aliphatic heterocycles. The van der Waals surface area contributed by atoms with Gasteiger partial charge in [0.15, 0.2) is 0 Å². The molecule has 3 heterocycles. The van der Waals surface area contributed by atoms with Gasteiger partial charge in [0, 0.05) is 19.4 Å². The summed E-state index contributed by atoms with van der Waals surface area (Å²) in [6, 6.07) is 0. The van der Waals surface area contributed by atoms with Crippen LogP contribution in [0.15, 0.2) is 11.4 Å². The summed E-state index contributed by atoms with van der Waals surface area (Å²) in [4.78, 5) is 6.52. The summed E-state index contributed by atoms with van der Waals surface area (Å²) in [5, 5.41) is 0.173. The Balaban J connectivity index is 1.85. The molecule has 1 aromatic heterocycles. The van der Waals surface area contributed by atoms with Gasteiger partial charge < -0.3 is 9.30 Å². The standard InChI is InChI=1S/C14H23N3O3S/c1-21(18,19)14-15-9-12(10-16-6-2-3-7-16)17(14)11-13-5-4-8-20-13/h9,13H,2-8,10-11H2,1H3. The quantitative estimate of drug-likeness (QED) is 0.813. The van der Waals surface area contributed by atoms with Crippen molar-refractivity contribution in [2.45, 2.75) is 50.0 Å². The highest BCUT2D eigenvalue weighted by atomic mass is 32.2. The topological polar surface area (TPSA) is 64.4 Å². The van der Waals surface area contributed by atoms with Gasteiger partial charge in [-0.2, -0.15) is 0 Å². The number of imidazole rings is 1. The number of likely N-dealkylation sites (tertiary alicyclic amines) is 1. The van der Waals surface area contributed by atoms with Crippen molar-refractivity contribution in [1.29, 1.82) is 0 Å². The van der Waals surface area contributed by atoms with Crippen molar-refractivity contribution >= 4 is 9.84 Å². The first-order chi connectivity index (χ1) is 10.0. The SMILES string of the molecule is CS(=O)(=O)c1ncc(CN2CCCC2)n1CC1CCCO1. The van der Waals surface area contributed by atoms with Gasteiger partial charge in [0.1, 0.15) is 0 Å². The summed E-state index contributed by atoms with van der Waals surface area (Å²) in [6.45, 7) is 4.30. The number of ether oxygens (including phenoxy) is 1. The maximum absolute atomic E-state index is 11.9. The minimum absolute atomic E-state index is 0.108. The molecule has 1 unspecified atom stereocenters. The Bertz CT molecular complexity index is 585. The normalized spacial score (nSPS) is 24.0. The van der Waals surface area contributed by atoms with Gasteiger partial charge in [-0.1, -0.05) is 0 Å². The molecule has 0 radical (unpaired) electrons. The van der Waals surface area contributed by atoms with Crippen molar-refractivity contribution in [3.8, 4) is 0 Å². The van der Waals surface area contributed by atoms with Crippen molar-refractivity contribution in [3.63, 3.8) is 0 Å². The summed E-state index contributed by atoms with van der Waals surface area (Å²) in [5.74, 6) is 0. The van der Waals surface area contributed by atoms with E-state index in [2.05, 4.69) is 9.88 Å². The maximum atomic E-state index is 11.9. The lowest BCUT2D eigenvalue weighted by Crippen LogP contribution is -2.25. The van der Waals surface area contributed by atoms with Crippen LogP contribution >= 0.6 is 0 Å². The zero-order valence-corrected chi connectivity index (χ0v) is 13.3. The van der Waals surface area contributed by atoms with Crippen LogP contribution in [0.3, 0.4) is 0 Å². The largest absolute Gasteiger partial charge is 0.376 e. The van der Waals surface area contributed by atoms with E-state index in [9.17, 15) is 8.42 Å². The fraction of sp³-hybridized carbons (Fsp3) is 0.786. The van der Waals surface area contributed by atoms with Crippen molar-refractivity contribution in [2.75, 3.05) is 26.0 Å². The molecule has 6 nitrogen and oxygen atoms in total. The van der Waals surface area contributed by atoms with E-state index < -0.39 is 9.84 Å². The van der Waals surface area contributed by atoms with Crippen LogP contribution < -0.4 is 0 Å². The minimum Gasteiger partial charge on any atom is -0.376 e. The number of aromatic nitrogens is 2. The Hall–Kier alpha value is -0.920. The zero-order chi connectivity index (χ0) is 14.9. The van der Waals surface area contributed by atoms with Gasteiger partial charge in [-0.05, 0) is 38.8 Å². The molecule has 7 heteroatoms. The number of hydrogen-bond acceptors (Lipinski definition) is 5. The third-order valence-electron chi connectivity index (χ3n) is 4.23. The lowest BCUT2D eigenvalue weighted by Gasteiger charge is -2.19. The van der Waals surface area contributed by atoms with Gasteiger partial charge in [0.2, 0.25) is 15.0 Å². The molecule has 2 aliphatic rings. The summed E-state index contributed by atoms with van der Waals surface area (Å²) < 4.78 is 31.4. The molecule has 0 spiro atoms. The molecule has 2 saturated heterocycles. The van der Waals surface area contributed by atoms with Crippen molar-refractivity contribution < 1.29 is 13.2 Å². The number of hydrogen-bond donors (Lipinski definition) is 0. The Morgan fingerprint density at radius 3 is 2.71 bits per heavy atom. The first-order valence-corrected chi connectivity index (χ1v) is 9.51. The third-order valence-corrected chi connectivity index (χ3v) is 5.22.